The number of hydrogen-bond acceptors (Lipinski definition) is 4. The maximum absolute atomic E-state index is 8.88. The highest BCUT2D eigenvalue weighted by Crippen LogP contribution is 2.04. The Morgan fingerprint density at radius 3 is 2.85 bits per heavy atom. The molecule has 0 bridgehead atoms. The van der Waals surface area contributed by atoms with Crippen LogP contribution in [0.25, 0.3) is 11.0 Å². The van der Waals surface area contributed by atoms with Crippen LogP contribution < -0.4 is 5.46 Å². The van der Waals surface area contributed by atoms with Gasteiger partial charge in [0, 0.05) is 23.2 Å². The van der Waals surface area contributed by atoms with Crippen LogP contribution in [0.5, 0.6) is 0 Å². The third-order valence-corrected chi connectivity index (χ3v) is 1.77. The van der Waals surface area contributed by atoms with Crippen LogP contribution in [0.1, 0.15) is 0 Å². The molecule has 0 saturated carbocycles. The summed E-state index contributed by atoms with van der Waals surface area (Å²) in [6.45, 7) is 0. The van der Waals surface area contributed by atoms with Crippen LogP contribution in [0, 0.1) is 0 Å². The van der Waals surface area contributed by atoms with Gasteiger partial charge in [-0.1, -0.05) is 0 Å². The molecule has 0 aromatic carbocycles. The standard InChI is InChI=1S/C8H7BN2O2/c12-9(13)7-4-6-2-1-3-10-8(6)11-5-7/h1-5,12-13H. The average Bonchev–Trinajstić information content (AvgIpc) is 2.17. The number of pyridine rings is 2. The lowest BCUT2D eigenvalue weighted by Gasteiger charge is -1.99. The quantitative estimate of drug-likeness (QED) is 0.561. The molecule has 0 aliphatic carbocycles. The maximum Gasteiger partial charge on any atom is 0.490 e. The van der Waals surface area contributed by atoms with Gasteiger partial charge < -0.3 is 10.0 Å². The van der Waals surface area contributed by atoms with Gasteiger partial charge >= 0.3 is 7.12 Å². The first-order valence-corrected chi connectivity index (χ1v) is 3.84. The molecule has 0 spiro atoms. The van der Waals surface area contributed by atoms with Crippen molar-refractivity contribution in [2.75, 3.05) is 0 Å². The highest BCUT2D eigenvalue weighted by Gasteiger charge is 2.11. The predicted octanol–water partition coefficient (Wildman–Crippen LogP) is -0.690. The van der Waals surface area contributed by atoms with Gasteiger partial charge in [0.25, 0.3) is 0 Å². The molecule has 4 nitrogen and oxygen atoms in total. The highest BCUT2D eigenvalue weighted by atomic mass is 16.4. The number of nitrogens with zero attached hydrogens (tertiary/aromatic N) is 2. The first-order valence-electron chi connectivity index (χ1n) is 3.84. The number of aromatic nitrogens is 2. The zero-order chi connectivity index (χ0) is 9.26. The van der Waals surface area contributed by atoms with Gasteiger partial charge in [0.05, 0.1) is 0 Å². The fourth-order valence-corrected chi connectivity index (χ4v) is 1.12. The van der Waals surface area contributed by atoms with Gasteiger partial charge in [-0.25, -0.2) is 9.97 Å². The zero-order valence-corrected chi connectivity index (χ0v) is 6.75. The summed E-state index contributed by atoms with van der Waals surface area (Å²) in [7, 11) is -1.47. The molecule has 0 unspecified atom stereocenters. The first-order chi connectivity index (χ1) is 6.27. The van der Waals surface area contributed by atoms with Crippen molar-refractivity contribution in [2.24, 2.45) is 0 Å². The van der Waals surface area contributed by atoms with Crippen molar-refractivity contribution in [1.29, 1.82) is 0 Å². The second kappa shape index (κ2) is 3.12. The minimum Gasteiger partial charge on any atom is -0.423 e. The molecule has 2 aromatic heterocycles. The van der Waals surface area contributed by atoms with Gasteiger partial charge in [-0.15, -0.1) is 0 Å². The van der Waals surface area contributed by atoms with E-state index in [-0.39, 0.29) is 0 Å². The summed E-state index contributed by atoms with van der Waals surface area (Å²) in [5.74, 6) is 0. The Morgan fingerprint density at radius 1 is 1.23 bits per heavy atom. The summed E-state index contributed by atoms with van der Waals surface area (Å²) in [4.78, 5) is 7.98. The van der Waals surface area contributed by atoms with Crippen molar-refractivity contribution >= 4 is 23.6 Å². The summed E-state index contributed by atoms with van der Waals surface area (Å²) in [6.07, 6.45) is 3.05. The van der Waals surface area contributed by atoms with Gasteiger partial charge in [-0.2, -0.15) is 0 Å². The zero-order valence-electron chi connectivity index (χ0n) is 6.75. The van der Waals surface area contributed by atoms with Gasteiger partial charge in [-0.05, 0) is 18.2 Å². The molecular formula is C8H7BN2O2. The summed E-state index contributed by atoms with van der Waals surface area (Å²) in [6, 6.07) is 5.25. The smallest absolute Gasteiger partial charge is 0.423 e. The van der Waals surface area contributed by atoms with E-state index in [1.165, 1.54) is 6.20 Å². The summed E-state index contributed by atoms with van der Waals surface area (Å²) in [5.41, 5.74) is 0.979. The van der Waals surface area contributed by atoms with E-state index >= 15 is 0 Å². The van der Waals surface area contributed by atoms with Crippen molar-refractivity contribution in [3.05, 3.63) is 30.6 Å². The van der Waals surface area contributed by atoms with E-state index in [9.17, 15) is 0 Å². The van der Waals surface area contributed by atoms with Gasteiger partial charge in [0.2, 0.25) is 0 Å². The summed E-state index contributed by atoms with van der Waals surface area (Å²) >= 11 is 0. The molecule has 0 aliphatic rings. The van der Waals surface area contributed by atoms with Crippen molar-refractivity contribution in [1.82, 2.24) is 9.97 Å². The molecule has 0 radical (unpaired) electrons. The Kier molecular flexibility index (Phi) is 1.96. The van der Waals surface area contributed by atoms with E-state index in [0.717, 1.165) is 5.39 Å². The maximum atomic E-state index is 8.88. The van der Waals surface area contributed by atoms with E-state index in [0.29, 0.717) is 11.1 Å². The molecule has 0 aliphatic heterocycles. The molecule has 13 heavy (non-hydrogen) atoms. The molecule has 2 rings (SSSR count). The third-order valence-electron chi connectivity index (χ3n) is 1.77. The van der Waals surface area contributed by atoms with Gasteiger partial charge in [0.15, 0.2) is 5.65 Å². The molecule has 0 amide bonds. The molecule has 0 fully saturated rings. The van der Waals surface area contributed by atoms with Crippen LogP contribution >= 0.6 is 0 Å². The van der Waals surface area contributed by atoms with E-state index in [1.807, 2.05) is 6.07 Å². The first kappa shape index (κ1) is 8.16. The molecular weight excluding hydrogens is 167 g/mol. The molecule has 64 valence electrons. The van der Waals surface area contributed by atoms with Crippen molar-refractivity contribution < 1.29 is 10.0 Å². The minimum absolute atomic E-state index is 0.375. The molecule has 2 aromatic rings. The molecule has 2 N–H and O–H groups in total. The predicted molar refractivity (Wildman–Crippen MR) is 49.4 cm³/mol. The number of rotatable bonds is 1. The Labute approximate surface area is 75.0 Å². The largest absolute Gasteiger partial charge is 0.490 e. The summed E-state index contributed by atoms with van der Waals surface area (Å²) < 4.78 is 0. The number of fused-ring (bicyclic) bond motifs is 1. The van der Waals surface area contributed by atoms with Gasteiger partial charge in [-0.3, -0.25) is 0 Å². The lowest BCUT2D eigenvalue weighted by molar-refractivity contribution is 0.425. The number of hydrogen-bond donors (Lipinski definition) is 2. The Morgan fingerprint density at radius 2 is 2.08 bits per heavy atom. The van der Waals surface area contributed by atoms with Crippen LogP contribution in [-0.4, -0.2) is 27.1 Å². The molecule has 2 heterocycles. The Balaban J connectivity index is 2.62. The van der Waals surface area contributed by atoms with Crippen LogP contribution in [0.2, 0.25) is 0 Å². The fourth-order valence-electron chi connectivity index (χ4n) is 1.12. The van der Waals surface area contributed by atoms with E-state index in [2.05, 4.69) is 9.97 Å². The van der Waals surface area contributed by atoms with E-state index in [4.69, 9.17) is 10.0 Å². The van der Waals surface area contributed by atoms with Crippen LogP contribution in [0.4, 0.5) is 0 Å². The lowest BCUT2D eigenvalue weighted by atomic mass is 9.81. The SMILES string of the molecule is OB(O)c1cnc2ncccc2c1. The third kappa shape index (κ3) is 1.51. The van der Waals surface area contributed by atoms with E-state index in [1.54, 1.807) is 18.3 Å². The molecule has 5 heteroatoms. The Bertz CT molecular complexity index is 433. The molecule has 0 atom stereocenters. The second-order valence-corrected chi connectivity index (χ2v) is 2.69. The van der Waals surface area contributed by atoms with Crippen LogP contribution in [0.3, 0.4) is 0 Å². The lowest BCUT2D eigenvalue weighted by Crippen LogP contribution is -2.30. The van der Waals surface area contributed by atoms with Gasteiger partial charge in [0.1, 0.15) is 0 Å². The normalized spacial score (nSPS) is 10.3. The average molecular weight is 174 g/mol. The van der Waals surface area contributed by atoms with Crippen molar-refractivity contribution in [3.63, 3.8) is 0 Å². The Hall–Kier alpha value is -1.46. The second-order valence-electron chi connectivity index (χ2n) is 2.69. The van der Waals surface area contributed by atoms with Crippen molar-refractivity contribution in [2.45, 2.75) is 0 Å². The molecule has 0 saturated heterocycles. The van der Waals surface area contributed by atoms with Crippen LogP contribution in [-0.2, 0) is 0 Å². The highest BCUT2D eigenvalue weighted by molar-refractivity contribution is 6.58. The topological polar surface area (TPSA) is 66.2 Å². The van der Waals surface area contributed by atoms with E-state index < -0.39 is 7.12 Å². The van der Waals surface area contributed by atoms with Crippen molar-refractivity contribution in [3.8, 4) is 0 Å². The monoisotopic (exact) mass is 174 g/mol. The summed E-state index contributed by atoms with van der Waals surface area (Å²) in [5, 5.41) is 18.6. The fraction of sp³-hybridized carbons (Fsp3) is 0. The minimum atomic E-state index is -1.47. The van der Waals surface area contributed by atoms with Crippen LogP contribution in [0.15, 0.2) is 30.6 Å².